The summed E-state index contributed by atoms with van der Waals surface area (Å²) in [6, 6.07) is 0. The minimum absolute atomic E-state index is 0.145. The van der Waals surface area contributed by atoms with Crippen molar-refractivity contribution in [2.45, 2.75) is 58.8 Å². The van der Waals surface area contributed by atoms with Crippen LogP contribution in [0.5, 0.6) is 0 Å². The second kappa shape index (κ2) is 12.0. The van der Waals surface area contributed by atoms with Gasteiger partial charge in [0.25, 0.3) is 0 Å². The largest absolute Gasteiger partial charge is 0.394 e. The zero-order valence-electron chi connectivity index (χ0n) is 10.5. The normalized spacial score (nSPS) is 13.0. The molecule has 15 heavy (non-hydrogen) atoms. The Morgan fingerprint density at radius 2 is 1.73 bits per heavy atom. The molecule has 0 aromatic carbocycles. The zero-order valence-corrected chi connectivity index (χ0v) is 10.5. The molecular weight excluding hydrogens is 188 g/mol. The third kappa shape index (κ3) is 11.8. The summed E-state index contributed by atoms with van der Waals surface area (Å²) >= 11 is 0. The van der Waals surface area contributed by atoms with Gasteiger partial charge in [-0.2, -0.15) is 0 Å². The smallest absolute Gasteiger partial charge is 0.0697 e. The summed E-state index contributed by atoms with van der Waals surface area (Å²) in [5, 5.41) is 8.52. The summed E-state index contributed by atoms with van der Waals surface area (Å²) < 4.78 is 5.23. The van der Waals surface area contributed by atoms with E-state index in [1.165, 1.54) is 38.5 Å². The van der Waals surface area contributed by atoms with Crippen LogP contribution in [0.25, 0.3) is 0 Å². The van der Waals surface area contributed by atoms with Crippen LogP contribution < -0.4 is 0 Å². The van der Waals surface area contributed by atoms with Crippen molar-refractivity contribution in [1.29, 1.82) is 0 Å². The van der Waals surface area contributed by atoms with Crippen molar-refractivity contribution in [1.82, 2.24) is 0 Å². The van der Waals surface area contributed by atoms with E-state index in [0.29, 0.717) is 6.61 Å². The predicted octanol–water partition coefficient (Wildman–Crippen LogP) is 3.38. The van der Waals surface area contributed by atoms with E-state index in [2.05, 4.69) is 13.8 Å². The van der Waals surface area contributed by atoms with E-state index in [4.69, 9.17) is 9.84 Å². The van der Waals surface area contributed by atoms with Crippen LogP contribution in [0.1, 0.15) is 58.8 Å². The Morgan fingerprint density at radius 3 is 2.40 bits per heavy atom. The Bertz CT molecular complexity index is 115. The summed E-state index contributed by atoms with van der Waals surface area (Å²) in [6.07, 6.45) is 9.23. The first kappa shape index (κ1) is 14.9. The first-order valence-electron chi connectivity index (χ1n) is 6.49. The van der Waals surface area contributed by atoms with E-state index < -0.39 is 0 Å². The average Bonchev–Trinajstić information content (AvgIpc) is 2.24. The van der Waals surface area contributed by atoms with Crippen molar-refractivity contribution < 1.29 is 9.84 Å². The predicted molar refractivity (Wildman–Crippen MR) is 65.1 cm³/mol. The lowest BCUT2D eigenvalue weighted by atomic mass is 9.98. The molecular formula is C13H28O2. The van der Waals surface area contributed by atoms with E-state index in [1.54, 1.807) is 0 Å². The Kier molecular flexibility index (Phi) is 11.9. The molecule has 0 amide bonds. The van der Waals surface area contributed by atoms with Gasteiger partial charge < -0.3 is 9.84 Å². The molecule has 0 saturated carbocycles. The number of unbranched alkanes of at least 4 members (excludes halogenated alkanes) is 3. The maximum atomic E-state index is 8.52. The first-order chi connectivity index (χ1) is 7.31. The fourth-order valence-corrected chi connectivity index (χ4v) is 1.76. The summed E-state index contributed by atoms with van der Waals surface area (Å²) in [6.45, 7) is 6.03. The van der Waals surface area contributed by atoms with E-state index in [0.717, 1.165) is 18.9 Å². The van der Waals surface area contributed by atoms with Crippen molar-refractivity contribution in [3.63, 3.8) is 0 Å². The second-order valence-electron chi connectivity index (χ2n) is 4.43. The van der Waals surface area contributed by atoms with Gasteiger partial charge in [0.15, 0.2) is 0 Å². The van der Waals surface area contributed by atoms with Crippen LogP contribution in [0.3, 0.4) is 0 Å². The van der Waals surface area contributed by atoms with Gasteiger partial charge in [-0.25, -0.2) is 0 Å². The monoisotopic (exact) mass is 216 g/mol. The molecule has 0 bridgehead atoms. The van der Waals surface area contributed by atoms with E-state index >= 15 is 0 Å². The van der Waals surface area contributed by atoms with Crippen LogP contribution in [0.4, 0.5) is 0 Å². The summed E-state index contributed by atoms with van der Waals surface area (Å²) in [7, 11) is 0. The third-order valence-corrected chi connectivity index (χ3v) is 2.77. The topological polar surface area (TPSA) is 29.5 Å². The molecule has 0 aliphatic heterocycles. The van der Waals surface area contributed by atoms with Crippen LogP contribution >= 0.6 is 0 Å². The summed E-state index contributed by atoms with van der Waals surface area (Å²) in [5.74, 6) is 0.833. The highest BCUT2D eigenvalue weighted by Gasteiger charge is 2.01. The van der Waals surface area contributed by atoms with Gasteiger partial charge in [0, 0.05) is 6.61 Å². The molecule has 0 rings (SSSR count). The van der Waals surface area contributed by atoms with Gasteiger partial charge in [0.1, 0.15) is 0 Å². The highest BCUT2D eigenvalue weighted by molar-refractivity contribution is 4.54. The number of aliphatic hydroxyl groups is 1. The summed E-state index contributed by atoms with van der Waals surface area (Å²) in [4.78, 5) is 0. The molecule has 0 fully saturated rings. The van der Waals surface area contributed by atoms with Crippen LogP contribution in [-0.2, 0) is 4.74 Å². The first-order valence-corrected chi connectivity index (χ1v) is 6.49. The molecule has 0 aliphatic carbocycles. The van der Waals surface area contributed by atoms with Crippen LogP contribution in [0, 0.1) is 5.92 Å². The molecule has 0 saturated heterocycles. The molecule has 0 aliphatic rings. The lowest BCUT2D eigenvalue weighted by Crippen LogP contribution is -2.03. The molecule has 0 spiro atoms. The van der Waals surface area contributed by atoms with Gasteiger partial charge >= 0.3 is 0 Å². The molecule has 1 unspecified atom stereocenters. The molecule has 0 heterocycles. The van der Waals surface area contributed by atoms with Crippen LogP contribution in [0.15, 0.2) is 0 Å². The van der Waals surface area contributed by atoms with Crippen molar-refractivity contribution >= 4 is 0 Å². The molecule has 1 atom stereocenters. The highest BCUT2D eigenvalue weighted by Crippen LogP contribution is 2.15. The Labute approximate surface area is 95.0 Å². The van der Waals surface area contributed by atoms with Crippen molar-refractivity contribution in [3.8, 4) is 0 Å². The molecule has 0 radical (unpaired) electrons. The van der Waals surface area contributed by atoms with E-state index in [1.807, 2.05) is 0 Å². The van der Waals surface area contributed by atoms with Gasteiger partial charge in [-0.15, -0.1) is 0 Å². The highest BCUT2D eigenvalue weighted by atomic mass is 16.5. The van der Waals surface area contributed by atoms with Gasteiger partial charge in [-0.3, -0.25) is 0 Å². The van der Waals surface area contributed by atoms with E-state index in [-0.39, 0.29) is 6.61 Å². The van der Waals surface area contributed by atoms with Crippen molar-refractivity contribution in [2.24, 2.45) is 5.92 Å². The lowest BCUT2D eigenvalue weighted by Gasteiger charge is -2.10. The molecule has 0 aromatic rings. The fourth-order valence-electron chi connectivity index (χ4n) is 1.76. The minimum atomic E-state index is 0.145. The van der Waals surface area contributed by atoms with Gasteiger partial charge in [0.2, 0.25) is 0 Å². The number of aliphatic hydroxyl groups excluding tert-OH is 1. The molecule has 2 heteroatoms. The van der Waals surface area contributed by atoms with E-state index in [9.17, 15) is 0 Å². The molecule has 92 valence electrons. The van der Waals surface area contributed by atoms with Crippen LogP contribution in [0.2, 0.25) is 0 Å². The molecule has 1 N–H and O–H groups in total. The number of ether oxygens (including phenoxy) is 1. The third-order valence-electron chi connectivity index (χ3n) is 2.77. The second-order valence-corrected chi connectivity index (χ2v) is 4.43. The number of hydrogen-bond acceptors (Lipinski definition) is 2. The maximum absolute atomic E-state index is 8.52. The molecule has 0 aromatic heterocycles. The quantitative estimate of drug-likeness (QED) is 0.536. The average molecular weight is 216 g/mol. The molecule has 2 nitrogen and oxygen atoms in total. The standard InChI is InChI=1S/C13H28O2/c1-3-4-5-6-8-13(2)9-7-11-15-12-10-14/h13-14H,3-12H2,1-2H3. The SMILES string of the molecule is CCCCCCC(C)CCCOCCO. The lowest BCUT2D eigenvalue weighted by molar-refractivity contribution is 0.0877. The Morgan fingerprint density at radius 1 is 1.00 bits per heavy atom. The van der Waals surface area contributed by atoms with Gasteiger partial charge in [-0.05, 0) is 18.8 Å². The maximum Gasteiger partial charge on any atom is 0.0697 e. The van der Waals surface area contributed by atoms with Crippen molar-refractivity contribution in [3.05, 3.63) is 0 Å². The number of hydrogen-bond donors (Lipinski definition) is 1. The van der Waals surface area contributed by atoms with Crippen molar-refractivity contribution in [2.75, 3.05) is 19.8 Å². The van der Waals surface area contributed by atoms with Gasteiger partial charge in [0.05, 0.1) is 13.2 Å². The minimum Gasteiger partial charge on any atom is -0.394 e. The summed E-state index contributed by atoms with van der Waals surface area (Å²) in [5.41, 5.74) is 0. The Balaban J connectivity index is 3.08. The Hall–Kier alpha value is -0.0800. The fraction of sp³-hybridized carbons (Fsp3) is 1.00. The van der Waals surface area contributed by atoms with Gasteiger partial charge in [-0.1, -0.05) is 46.0 Å². The van der Waals surface area contributed by atoms with Crippen LogP contribution in [-0.4, -0.2) is 24.9 Å². The number of rotatable bonds is 11. The zero-order chi connectivity index (χ0) is 11.4.